The summed E-state index contributed by atoms with van der Waals surface area (Å²) in [6.45, 7) is 19.0. The molecule has 214 valence electrons. The Labute approximate surface area is 255 Å². The summed E-state index contributed by atoms with van der Waals surface area (Å²) < 4.78 is 0. The normalized spacial score (nSPS) is 12.2. The minimum absolute atomic E-state index is 0.626. The zero-order valence-corrected chi connectivity index (χ0v) is 28.9. The van der Waals surface area contributed by atoms with Gasteiger partial charge in [-0.3, -0.25) is 0 Å². The van der Waals surface area contributed by atoms with E-state index in [0.717, 1.165) is 0 Å². The van der Waals surface area contributed by atoms with Gasteiger partial charge in [-0.25, -0.2) is 0 Å². The Bertz CT molecular complexity index is 1660. The fourth-order valence-electron chi connectivity index (χ4n) is 7.02. The van der Waals surface area contributed by atoms with E-state index < -0.39 is 16.1 Å². The van der Waals surface area contributed by atoms with Crippen molar-refractivity contribution >= 4 is 59.2 Å². The summed E-state index contributed by atoms with van der Waals surface area (Å²) in [6, 6.07) is 31.8. The highest BCUT2D eigenvalue weighted by molar-refractivity contribution is 6.88. The van der Waals surface area contributed by atoms with Gasteiger partial charge in [0.25, 0.3) is 0 Å². The van der Waals surface area contributed by atoms with Gasteiger partial charge in [-0.2, -0.15) is 0 Å². The molecule has 0 atom stereocenters. The molecule has 2 heteroatoms. The summed E-state index contributed by atoms with van der Waals surface area (Å²) >= 11 is 0. The van der Waals surface area contributed by atoms with E-state index in [1.54, 1.807) is 0 Å². The zero-order valence-electron chi connectivity index (χ0n) is 26.9. The maximum absolute atomic E-state index is 4.00. The first kappa shape index (κ1) is 30.2. The first-order chi connectivity index (χ1) is 20.2. The van der Waals surface area contributed by atoms with E-state index >= 15 is 0 Å². The number of fused-ring (bicyclic) bond motifs is 4. The van der Waals surface area contributed by atoms with Gasteiger partial charge < -0.3 is 0 Å². The van der Waals surface area contributed by atoms with E-state index in [1.807, 2.05) is 0 Å². The Morgan fingerprint density at radius 1 is 0.476 bits per heavy atom. The van der Waals surface area contributed by atoms with Crippen LogP contribution in [0.5, 0.6) is 0 Å². The van der Waals surface area contributed by atoms with Crippen LogP contribution in [0.15, 0.2) is 72.8 Å². The molecule has 0 saturated heterocycles. The standard InChI is InChI=1S/C40H46Si2/c1-9-41(10-2,29(5)6)23-21-35-37-25-31-17-13-15-19-33(31)27-39(37)36(22-24-42(11-3,12-4)30(7)8)40-28-34-20-16-14-18-32(34)26-38(35)40/h13-20,25-30H,9-12H2,1-8H3. The van der Waals surface area contributed by atoms with Crippen molar-refractivity contribution in [1.29, 1.82) is 0 Å². The Balaban J connectivity index is 2.00. The van der Waals surface area contributed by atoms with Crippen LogP contribution in [0.3, 0.4) is 0 Å². The van der Waals surface area contributed by atoms with Crippen LogP contribution in [-0.4, -0.2) is 16.1 Å². The molecule has 0 aliphatic heterocycles. The lowest BCUT2D eigenvalue weighted by molar-refractivity contribution is 0.982. The van der Waals surface area contributed by atoms with Crippen LogP contribution in [0.2, 0.25) is 35.3 Å². The summed E-state index contributed by atoms with van der Waals surface area (Å²) in [5.74, 6) is 7.79. The second kappa shape index (κ2) is 12.1. The van der Waals surface area contributed by atoms with Gasteiger partial charge >= 0.3 is 0 Å². The molecule has 0 fully saturated rings. The summed E-state index contributed by atoms with van der Waals surface area (Å²) in [6.07, 6.45) is 0. The zero-order chi connectivity index (χ0) is 30.1. The molecule has 0 spiro atoms. The molecule has 0 aromatic heterocycles. The molecule has 5 rings (SSSR count). The second-order valence-electron chi connectivity index (χ2n) is 12.8. The Morgan fingerprint density at radius 2 is 0.738 bits per heavy atom. The number of benzene rings is 5. The van der Waals surface area contributed by atoms with E-state index in [4.69, 9.17) is 0 Å². The van der Waals surface area contributed by atoms with E-state index in [-0.39, 0.29) is 0 Å². The van der Waals surface area contributed by atoms with Gasteiger partial charge in [-0.1, -0.05) is 116 Å². The Morgan fingerprint density at radius 3 is 0.952 bits per heavy atom. The average Bonchev–Trinajstić information content (AvgIpc) is 3.00. The van der Waals surface area contributed by atoms with Crippen molar-refractivity contribution in [2.75, 3.05) is 0 Å². The summed E-state index contributed by atoms with van der Waals surface area (Å²) in [4.78, 5) is 0. The molecule has 5 aromatic rings. The largest absolute Gasteiger partial charge is 0.140 e. The van der Waals surface area contributed by atoms with Crippen LogP contribution < -0.4 is 0 Å². The fourth-order valence-corrected chi connectivity index (χ4v) is 13.3. The molecule has 0 unspecified atom stereocenters. The van der Waals surface area contributed by atoms with Crippen molar-refractivity contribution in [3.05, 3.63) is 83.9 Å². The molecule has 0 N–H and O–H groups in total. The highest BCUT2D eigenvalue weighted by Crippen LogP contribution is 2.38. The topological polar surface area (TPSA) is 0 Å². The van der Waals surface area contributed by atoms with E-state index in [9.17, 15) is 0 Å². The third-order valence-corrected chi connectivity index (χ3v) is 21.2. The lowest BCUT2D eigenvalue weighted by Crippen LogP contribution is -2.34. The summed E-state index contributed by atoms with van der Waals surface area (Å²) in [7, 11) is -3.49. The quantitative estimate of drug-likeness (QED) is 0.106. The lowest BCUT2D eigenvalue weighted by atomic mass is 9.89. The molecule has 0 saturated carbocycles. The van der Waals surface area contributed by atoms with E-state index in [1.165, 1.54) is 78.4 Å². The first-order valence-corrected chi connectivity index (χ1v) is 21.1. The lowest BCUT2D eigenvalue weighted by Gasteiger charge is -2.27. The molecular weight excluding hydrogens is 537 g/mol. The summed E-state index contributed by atoms with van der Waals surface area (Å²) in [5.41, 5.74) is 11.6. The maximum atomic E-state index is 4.00. The molecular formula is C40H46Si2. The SMILES string of the molecule is CC[Si](C#Cc1c2cc3ccccc3cc2c(C#C[Si](CC)(CC)C(C)C)c2cc3ccccc3cc12)(CC)C(C)C. The minimum atomic E-state index is -1.75. The predicted molar refractivity (Wildman–Crippen MR) is 194 cm³/mol. The highest BCUT2D eigenvalue weighted by atomic mass is 28.3. The van der Waals surface area contributed by atoms with Crippen molar-refractivity contribution in [2.45, 2.75) is 90.6 Å². The molecule has 0 radical (unpaired) electrons. The molecule has 0 aliphatic carbocycles. The molecule has 0 amide bonds. The third kappa shape index (κ3) is 5.21. The second-order valence-corrected chi connectivity index (χ2v) is 23.0. The van der Waals surface area contributed by atoms with Crippen LogP contribution in [0.1, 0.15) is 66.5 Å². The van der Waals surface area contributed by atoms with Crippen LogP contribution in [0.25, 0.3) is 43.1 Å². The van der Waals surface area contributed by atoms with Gasteiger partial charge in [0.2, 0.25) is 0 Å². The predicted octanol–water partition coefficient (Wildman–Crippen LogP) is 11.9. The van der Waals surface area contributed by atoms with Crippen molar-refractivity contribution in [2.24, 2.45) is 0 Å². The van der Waals surface area contributed by atoms with Crippen LogP contribution >= 0.6 is 0 Å². The molecule has 0 heterocycles. The Hall–Kier alpha value is -3.31. The number of hydrogen-bond acceptors (Lipinski definition) is 0. The summed E-state index contributed by atoms with van der Waals surface area (Å²) in [5, 5.41) is 10.0. The smallest absolute Gasteiger partial charge is 0.126 e. The van der Waals surface area contributed by atoms with Gasteiger partial charge in [0.15, 0.2) is 0 Å². The van der Waals surface area contributed by atoms with Crippen molar-refractivity contribution in [3.8, 4) is 22.9 Å². The minimum Gasteiger partial charge on any atom is -0.126 e. The molecule has 42 heavy (non-hydrogen) atoms. The molecule has 0 aliphatic rings. The first-order valence-electron chi connectivity index (χ1n) is 16.1. The van der Waals surface area contributed by atoms with Gasteiger partial charge in [-0.05, 0) is 103 Å². The maximum Gasteiger partial charge on any atom is 0.140 e. The number of rotatable bonds is 6. The Kier molecular flexibility index (Phi) is 8.71. The molecule has 5 aromatic carbocycles. The monoisotopic (exact) mass is 582 g/mol. The van der Waals surface area contributed by atoms with Crippen LogP contribution in [0, 0.1) is 22.9 Å². The average molecular weight is 583 g/mol. The van der Waals surface area contributed by atoms with E-state index in [2.05, 4.69) is 151 Å². The van der Waals surface area contributed by atoms with Gasteiger partial charge in [-0.15, -0.1) is 11.1 Å². The van der Waals surface area contributed by atoms with Crippen molar-refractivity contribution < 1.29 is 0 Å². The molecule has 0 bridgehead atoms. The van der Waals surface area contributed by atoms with Crippen LogP contribution in [0.4, 0.5) is 0 Å². The van der Waals surface area contributed by atoms with Crippen molar-refractivity contribution in [1.82, 2.24) is 0 Å². The third-order valence-electron chi connectivity index (χ3n) is 10.5. The highest BCUT2D eigenvalue weighted by Gasteiger charge is 2.32. The fraction of sp³-hybridized carbons (Fsp3) is 0.350. The van der Waals surface area contributed by atoms with Crippen molar-refractivity contribution in [3.63, 3.8) is 0 Å². The van der Waals surface area contributed by atoms with Gasteiger partial charge in [0.1, 0.15) is 16.1 Å². The van der Waals surface area contributed by atoms with Gasteiger partial charge in [0.05, 0.1) is 0 Å². The molecule has 0 nitrogen and oxygen atoms in total. The van der Waals surface area contributed by atoms with E-state index in [0.29, 0.717) is 11.1 Å². The van der Waals surface area contributed by atoms with Crippen LogP contribution in [-0.2, 0) is 0 Å². The van der Waals surface area contributed by atoms with Gasteiger partial charge in [0, 0.05) is 11.1 Å². The number of hydrogen-bond donors (Lipinski definition) is 0.